The fourth-order valence-corrected chi connectivity index (χ4v) is 3.19. The Bertz CT molecular complexity index is 445. The minimum atomic E-state index is 0.303. The number of nitrogens with zero attached hydrogens (tertiary/aromatic N) is 1. The van der Waals surface area contributed by atoms with Gasteiger partial charge in [0.2, 0.25) is 5.91 Å². The Labute approximate surface area is 116 Å². The number of piperidine rings is 1. The first kappa shape index (κ1) is 14.1. The number of amides is 1. The molecule has 19 heavy (non-hydrogen) atoms. The third-order valence-corrected chi connectivity index (χ3v) is 4.46. The molecule has 0 atom stereocenters. The van der Waals surface area contributed by atoms with Gasteiger partial charge in [-0.15, -0.1) is 0 Å². The van der Waals surface area contributed by atoms with Crippen LogP contribution in [0.2, 0.25) is 0 Å². The van der Waals surface area contributed by atoms with Crippen molar-refractivity contribution in [3.63, 3.8) is 0 Å². The fraction of sp³-hybridized carbons (Fsp3) is 0.588. The number of hydrogen-bond acceptors (Lipinski definition) is 1. The van der Waals surface area contributed by atoms with Crippen molar-refractivity contribution in [2.75, 3.05) is 13.1 Å². The zero-order chi connectivity index (χ0) is 13.8. The molecule has 1 heterocycles. The van der Waals surface area contributed by atoms with E-state index in [4.69, 9.17) is 0 Å². The number of likely N-dealkylation sites (tertiary alicyclic amines) is 1. The monoisotopic (exact) mass is 259 g/mol. The molecule has 2 nitrogen and oxygen atoms in total. The molecule has 1 fully saturated rings. The van der Waals surface area contributed by atoms with E-state index in [1.807, 2.05) is 11.8 Å². The van der Waals surface area contributed by atoms with Gasteiger partial charge >= 0.3 is 0 Å². The van der Waals surface area contributed by atoms with E-state index in [9.17, 15) is 4.79 Å². The zero-order valence-corrected chi connectivity index (χ0v) is 12.4. The maximum atomic E-state index is 11.7. The average Bonchev–Trinajstić information content (AvgIpc) is 2.47. The number of carbonyl (C=O) groups is 1. The molecule has 1 saturated heterocycles. The maximum absolute atomic E-state index is 11.7. The Morgan fingerprint density at radius 3 is 2.53 bits per heavy atom. The van der Waals surface area contributed by atoms with E-state index >= 15 is 0 Å². The molecule has 0 unspecified atom stereocenters. The third kappa shape index (κ3) is 2.99. The summed E-state index contributed by atoms with van der Waals surface area (Å²) in [5, 5.41) is 0. The molecule has 0 N–H and O–H groups in total. The van der Waals surface area contributed by atoms with Crippen LogP contribution in [0.15, 0.2) is 18.2 Å². The molecule has 1 aromatic carbocycles. The van der Waals surface area contributed by atoms with Crippen molar-refractivity contribution in [1.82, 2.24) is 4.90 Å². The van der Waals surface area contributed by atoms with Crippen LogP contribution in [0.4, 0.5) is 0 Å². The summed E-state index contributed by atoms with van der Waals surface area (Å²) in [6.07, 6.45) is 3.96. The predicted molar refractivity (Wildman–Crippen MR) is 79.4 cm³/mol. The quantitative estimate of drug-likeness (QED) is 0.811. The largest absolute Gasteiger partial charge is 0.343 e. The lowest BCUT2D eigenvalue weighted by molar-refractivity contribution is -0.131. The Kier molecular flexibility index (Phi) is 4.62. The molecule has 1 amide bonds. The normalized spacial score (nSPS) is 16.7. The third-order valence-electron chi connectivity index (χ3n) is 4.46. The van der Waals surface area contributed by atoms with Gasteiger partial charge in [0.15, 0.2) is 0 Å². The van der Waals surface area contributed by atoms with Crippen LogP contribution in [0.1, 0.15) is 55.7 Å². The smallest absolute Gasteiger partial charge is 0.222 e. The van der Waals surface area contributed by atoms with Crippen molar-refractivity contribution in [1.29, 1.82) is 0 Å². The lowest BCUT2D eigenvalue weighted by atomic mass is 9.85. The molecule has 0 radical (unpaired) electrons. The molecule has 1 aliphatic heterocycles. The summed E-state index contributed by atoms with van der Waals surface area (Å²) in [7, 11) is 0. The van der Waals surface area contributed by atoms with Crippen molar-refractivity contribution in [2.45, 2.75) is 52.4 Å². The summed E-state index contributed by atoms with van der Waals surface area (Å²) in [5.41, 5.74) is 4.43. The highest BCUT2D eigenvalue weighted by Crippen LogP contribution is 2.31. The van der Waals surface area contributed by atoms with Crippen LogP contribution in [0, 0.1) is 6.92 Å². The molecule has 1 aliphatic rings. The van der Waals surface area contributed by atoms with Crippen LogP contribution < -0.4 is 0 Å². The Hall–Kier alpha value is -1.31. The number of rotatable bonds is 3. The van der Waals surface area contributed by atoms with Crippen molar-refractivity contribution in [3.05, 3.63) is 34.9 Å². The fourth-order valence-electron chi connectivity index (χ4n) is 3.19. The van der Waals surface area contributed by atoms with E-state index in [1.54, 1.807) is 0 Å². The first-order chi connectivity index (χ1) is 9.17. The molecule has 1 aromatic rings. The Morgan fingerprint density at radius 1 is 1.26 bits per heavy atom. The van der Waals surface area contributed by atoms with E-state index in [0.29, 0.717) is 18.2 Å². The van der Waals surface area contributed by atoms with E-state index in [0.717, 1.165) is 32.4 Å². The van der Waals surface area contributed by atoms with Gasteiger partial charge in [-0.3, -0.25) is 4.79 Å². The van der Waals surface area contributed by atoms with Gasteiger partial charge in [-0.1, -0.05) is 32.0 Å². The predicted octanol–water partition coefficient (Wildman–Crippen LogP) is 3.67. The minimum Gasteiger partial charge on any atom is -0.343 e. The van der Waals surface area contributed by atoms with E-state index < -0.39 is 0 Å². The van der Waals surface area contributed by atoms with Crippen molar-refractivity contribution < 1.29 is 4.79 Å². The summed E-state index contributed by atoms with van der Waals surface area (Å²) < 4.78 is 0. The summed E-state index contributed by atoms with van der Waals surface area (Å²) >= 11 is 0. The molecule has 0 bridgehead atoms. The van der Waals surface area contributed by atoms with Gasteiger partial charge in [0.1, 0.15) is 0 Å². The highest BCUT2D eigenvalue weighted by Gasteiger charge is 2.24. The van der Waals surface area contributed by atoms with Crippen molar-refractivity contribution >= 4 is 5.91 Å². The van der Waals surface area contributed by atoms with Crippen LogP contribution in [-0.4, -0.2) is 23.9 Å². The zero-order valence-electron chi connectivity index (χ0n) is 12.4. The molecular weight excluding hydrogens is 234 g/mol. The van der Waals surface area contributed by atoms with Gasteiger partial charge in [0.05, 0.1) is 0 Å². The molecular formula is C17H25NO. The van der Waals surface area contributed by atoms with Crippen LogP contribution in [0.5, 0.6) is 0 Å². The lowest BCUT2D eigenvalue weighted by Crippen LogP contribution is -2.37. The number of benzene rings is 1. The SMILES string of the molecule is CCC(=O)N1CCC(c2cccc(CC)c2C)CC1. The lowest BCUT2D eigenvalue weighted by Gasteiger charge is -2.33. The van der Waals surface area contributed by atoms with Crippen LogP contribution in [-0.2, 0) is 11.2 Å². The molecule has 104 valence electrons. The van der Waals surface area contributed by atoms with Gasteiger partial charge < -0.3 is 4.90 Å². The van der Waals surface area contributed by atoms with Gasteiger partial charge in [0.25, 0.3) is 0 Å². The maximum Gasteiger partial charge on any atom is 0.222 e. The van der Waals surface area contributed by atoms with E-state index in [-0.39, 0.29) is 0 Å². The first-order valence-electron chi connectivity index (χ1n) is 7.53. The number of aryl methyl sites for hydroxylation is 1. The summed E-state index contributed by atoms with van der Waals surface area (Å²) in [6, 6.07) is 6.69. The summed E-state index contributed by atoms with van der Waals surface area (Å²) in [4.78, 5) is 13.7. The topological polar surface area (TPSA) is 20.3 Å². The van der Waals surface area contributed by atoms with Crippen LogP contribution >= 0.6 is 0 Å². The molecule has 0 saturated carbocycles. The Balaban J connectivity index is 2.08. The van der Waals surface area contributed by atoms with Gasteiger partial charge in [-0.05, 0) is 48.8 Å². The van der Waals surface area contributed by atoms with Crippen molar-refractivity contribution in [2.24, 2.45) is 0 Å². The molecule has 0 aromatic heterocycles. The minimum absolute atomic E-state index is 0.303. The average molecular weight is 259 g/mol. The molecule has 2 rings (SSSR count). The Morgan fingerprint density at radius 2 is 1.95 bits per heavy atom. The standard InChI is InChI=1S/C17H25NO/c1-4-14-7-6-8-16(13(14)3)15-9-11-18(12-10-15)17(19)5-2/h6-8,15H,4-5,9-12H2,1-3H3. The highest BCUT2D eigenvalue weighted by atomic mass is 16.2. The second-order valence-electron chi connectivity index (χ2n) is 5.49. The van der Waals surface area contributed by atoms with Gasteiger partial charge in [0, 0.05) is 19.5 Å². The first-order valence-corrected chi connectivity index (χ1v) is 7.53. The molecule has 0 aliphatic carbocycles. The van der Waals surface area contributed by atoms with E-state index in [2.05, 4.69) is 32.0 Å². The summed E-state index contributed by atoms with van der Waals surface area (Å²) in [6.45, 7) is 8.26. The van der Waals surface area contributed by atoms with Crippen LogP contribution in [0.25, 0.3) is 0 Å². The second kappa shape index (κ2) is 6.23. The molecule has 2 heteroatoms. The van der Waals surface area contributed by atoms with Gasteiger partial charge in [-0.2, -0.15) is 0 Å². The van der Waals surface area contributed by atoms with E-state index in [1.165, 1.54) is 16.7 Å². The van der Waals surface area contributed by atoms with Crippen molar-refractivity contribution in [3.8, 4) is 0 Å². The summed E-state index contributed by atoms with van der Waals surface area (Å²) in [5.74, 6) is 0.935. The van der Waals surface area contributed by atoms with Gasteiger partial charge in [-0.25, -0.2) is 0 Å². The number of carbonyl (C=O) groups excluding carboxylic acids is 1. The highest BCUT2D eigenvalue weighted by molar-refractivity contribution is 5.75. The second-order valence-corrected chi connectivity index (χ2v) is 5.49. The number of hydrogen-bond donors (Lipinski definition) is 0. The molecule has 0 spiro atoms. The van der Waals surface area contributed by atoms with Crippen LogP contribution in [0.3, 0.4) is 0 Å².